The van der Waals surface area contributed by atoms with Crippen molar-refractivity contribution in [2.45, 2.75) is 70.0 Å². The third-order valence-electron chi connectivity index (χ3n) is 6.79. The first kappa shape index (κ1) is 26.9. The lowest BCUT2D eigenvalue weighted by atomic mass is 10.0. The number of carbonyl (C=O) groups is 2. The highest BCUT2D eigenvalue weighted by Gasteiger charge is 2.35. The summed E-state index contributed by atoms with van der Waals surface area (Å²) in [6.07, 6.45) is 4.68. The zero-order chi connectivity index (χ0) is 26.6. The highest BCUT2D eigenvalue weighted by molar-refractivity contribution is 7.90. The first-order valence-corrected chi connectivity index (χ1v) is 14.3. The molecule has 2 aromatic rings. The molecule has 0 aliphatic carbocycles. The average Bonchev–Trinajstić information content (AvgIpc) is 3.58. The molecule has 3 atom stereocenters. The van der Waals surface area contributed by atoms with Crippen LogP contribution in [-0.4, -0.2) is 62.3 Å². The van der Waals surface area contributed by atoms with Crippen molar-refractivity contribution < 1.29 is 22.7 Å². The molecule has 4 rings (SSSR count). The second-order valence-corrected chi connectivity index (χ2v) is 11.2. The molecule has 2 aliphatic rings. The molecule has 1 saturated heterocycles. The number of hydrogen-bond acceptors (Lipinski definition) is 8. The van der Waals surface area contributed by atoms with Gasteiger partial charge in [-0.15, -0.1) is 0 Å². The second-order valence-electron chi connectivity index (χ2n) is 9.52. The summed E-state index contributed by atoms with van der Waals surface area (Å²) in [5, 5.41) is 14.3. The minimum Gasteiger partial charge on any atom is -0.493 e. The maximum absolute atomic E-state index is 13.2. The normalized spacial score (nSPS) is 20.3. The first-order valence-electron chi connectivity index (χ1n) is 12.9. The van der Waals surface area contributed by atoms with E-state index in [9.17, 15) is 18.0 Å². The van der Waals surface area contributed by atoms with Gasteiger partial charge in [-0.3, -0.25) is 14.7 Å². The quantitative estimate of drug-likeness (QED) is 0.398. The van der Waals surface area contributed by atoms with Crippen LogP contribution in [0.25, 0.3) is 0 Å². The SMILES string of the molecule is CCCOc1ccc(S(=O)(=O)NC(=O)C(C)C2CCCN2)cc1CC1[N]C(=O)c2[nH]ncc2N1CCC. The molecule has 1 radical (unpaired) electrons. The fourth-order valence-electron chi connectivity index (χ4n) is 4.79. The van der Waals surface area contributed by atoms with Gasteiger partial charge in [-0.25, -0.2) is 18.5 Å². The number of nitrogens with one attached hydrogen (secondary N) is 3. The van der Waals surface area contributed by atoms with Crippen molar-refractivity contribution in [2.24, 2.45) is 5.92 Å². The lowest BCUT2D eigenvalue weighted by molar-refractivity contribution is -0.123. The molecule has 37 heavy (non-hydrogen) atoms. The number of hydrogen-bond donors (Lipinski definition) is 3. The zero-order valence-corrected chi connectivity index (χ0v) is 22.3. The highest BCUT2D eigenvalue weighted by atomic mass is 32.2. The molecule has 3 heterocycles. The van der Waals surface area contributed by atoms with Crippen molar-refractivity contribution in [3.8, 4) is 5.75 Å². The summed E-state index contributed by atoms with van der Waals surface area (Å²) in [4.78, 5) is 27.3. The number of aromatic amines is 1. The maximum atomic E-state index is 13.2. The summed E-state index contributed by atoms with van der Waals surface area (Å²) in [7, 11) is -4.12. The van der Waals surface area contributed by atoms with Gasteiger partial charge in [-0.05, 0) is 56.0 Å². The zero-order valence-electron chi connectivity index (χ0n) is 21.5. The Kier molecular flexibility index (Phi) is 8.38. The lowest BCUT2D eigenvalue weighted by Crippen LogP contribution is -2.50. The third kappa shape index (κ3) is 5.90. The van der Waals surface area contributed by atoms with E-state index in [1.165, 1.54) is 12.1 Å². The van der Waals surface area contributed by atoms with Gasteiger partial charge in [-0.1, -0.05) is 20.8 Å². The number of nitrogens with zero attached hydrogens (tertiary/aromatic N) is 3. The van der Waals surface area contributed by atoms with Crippen LogP contribution in [0.4, 0.5) is 5.69 Å². The summed E-state index contributed by atoms with van der Waals surface area (Å²) in [5.41, 5.74) is 1.61. The van der Waals surface area contributed by atoms with Gasteiger partial charge in [0.05, 0.1) is 29.3 Å². The lowest BCUT2D eigenvalue weighted by Gasteiger charge is -2.35. The molecule has 3 unspecified atom stereocenters. The van der Waals surface area contributed by atoms with Crippen molar-refractivity contribution >= 4 is 27.5 Å². The van der Waals surface area contributed by atoms with E-state index >= 15 is 0 Å². The van der Waals surface area contributed by atoms with Gasteiger partial charge in [-0.2, -0.15) is 5.10 Å². The number of carbonyl (C=O) groups excluding carboxylic acids is 2. The molecule has 2 aliphatic heterocycles. The van der Waals surface area contributed by atoms with Crippen LogP contribution >= 0.6 is 0 Å². The molecule has 1 aromatic carbocycles. The van der Waals surface area contributed by atoms with E-state index in [0.29, 0.717) is 35.8 Å². The molecule has 0 saturated carbocycles. The summed E-state index contributed by atoms with van der Waals surface area (Å²) in [5.74, 6) is -0.899. The Hall–Kier alpha value is -3.12. The summed E-state index contributed by atoms with van der Waals surface area (Å²) in [6, 6.07) is 4.50. The van der Waals surface area contributed by atoms with E-state index in [1.807, 2.05) is 18.7 Å². The molecule has 1 fully saturated rings. The van der Waals surface area contributed by atoms with Crippen molar-refractivity contribution in [3.05, 3.63) is 35.7 Å². The number of sulfonamides is 1. The van der Waals surface area contributed by atoms with Crippen LogP contribution in [-0.2, 0) is 21.2 Å². The number of fused-ring (bicyclic) bond motifs is 1. The Morgan fingerprint density at radius 2 is 2.11 bits per heavy atom. The topological polar surface area (TPSA) is 148 Å². The van der Waals surface area contributed by atoms with E-state index < -0.39 is 33.9 Å². The smallest absolute Gasteiger partial charge is 0.294 e. The molecule has 0 spiro atoms. The predicted octanol–water partition coefficient (Wildman–Crippen LogP) is 1.93. The number of H-pyrrole nitrogens is 1. The van der Waals surface area contributed by atoms with Crippen LogP contribution in [0.5, 0.6) is 5.75 Å². The molecule has 12 heteroatoms. The van der Waals surface area contributed by atoms with E-state index in [0.717, 1.165) is 32.2 Å². The van der Waals surface area contributed by atoms with Crippen LogP contribution in [0.1, 0.15) is 62.5 Å². The standard InChI is InChI=1S/C25H35N6O5S/c1-4-11-31-20-15-27-29-23(20)25(33)28-22(31)14-17-13-18(8-9-21(17)36-12-5-2)37(34,35)30-24(32)16(3)19-7-6-10-26-19/h8-9,13,15-16,19,22,26H,4-7,10-12,14H2,1-3H3,(H,27,29)(H,30,32). The van der Waals surface area contributed by atoms with Crippen molar-refractivity contribution in [1.82, 2.24) is 25.6 Å². The van der Waals surface area contributed by atoms with Crippen LogP contribution in [0.15, 0.2) is 29.3 Å². The molecule has 2 amide bonds. The van der Waals surface area contributed by atoms with Gasteiger partial charge in [0, 0.05) is 19.0 Å². The third-order valence-corrected chi connectivity index (χ3v) is 8.13. The van der Waals surface area contributed by atoms with Gasteiger partial charge >= 0.3 is 0 Å². The van der Waals surface area contributed by atoms with Crippen molar-refractivity contribution in [2.75, 3.05) is 24.6 Å². The van der Waals surface area contributed by atoms with E-state index in [-0.39, 0.29) is 17.4 Å². The Balaban J connectivity index is 1.60. The van der Waals surface area contributed by atoms with Gasteiger partial charge in [0.2, 0.25) is 5.91 Å². The Bertz CT molecular complexity index is 1220. The molecular formula is C25H35N6O5S. The van der Waals surface area contributed by atoms with Gasteiger partial charge < -0.3 is 15.0 Å². The minimum absolute atomic E-state index is 0.0422. The number of rotatable bonds is 11. The highest BCUT2D eigenvalue weighted by Crippen LogP contribution is 2.30. The fourth-order valence-corrected chi connectivity index (χ4v) is 5.90. The van der Waals surface area contributed by atoms with Crippen molar-refractivity contribution in [3.63, 3.8) is 0 Å². The monoisotopic (exact) mass is 531 g/mol. The number of benzene rings is 1. The fraction of sp³-hybridized carbons (Fsp3) is 0.560. The molecule has 0 bridgehead atoms. The van der Waals surface area contributed by atoms with Crippen LogP contribution in [0, 0.1) is 5.92 Å². The Morgan fingerprint density at radius 1 is 1.30 bits per heavy atom. The molecule has 3 N–H and O–H groups in total. The summed E-state index contributed by atoms with van der Waals surface area (Å²) in [6.45, 7) is 7.65. The Labute approximate surface area is 217 Å². The molecular weight excluding hydrogens is 496 g/mol. The van der Waals surface area contributed by atoms with Crippen LogP contribution in [0.2, 0.25) is 0 Å². The number of amides is 2. The summed E-state index contributed by atoms with van der Waals surface area (Å²) >= 11 is 0. The molecule has 1 aromatic heterocycles. The predicted molar refractivity (Wildman–Crippen MR) is 138 cm³/mol. The van der Waals surface area contributed by atoms with Crippen molar-refractivity contribution in [1.29, 1.82) is 0 Å². The minimum atomic E-state index is -4.12. The van der Waals surface area contributed by atoms with E-state index in [4.69, 9.17) is 4.74 Å². The number of aromatic nitrogens is 2. The van der Waals surface area contributed by atoms with E-state index in [1.54, 1.807) is 19.2 Å². The van der Waals surface area contributed by atoms with Gasteiger partial charge in [0.15, 0.2) is 0 Å². The summed E-state index contributed by atoms with van der Waals surface area (Å²) < 4.78 is 34.5. The van der Waals surface area contributed by atoms with Crippen LogP contribution in [0.3, 0.4) is 0 Å². The van der Waals surface area contributed by atoms with E-state index in [2.05, 4.69) is 25.6 Å². The number of anilines is 1. The first-order chi connectivity index (χ1) is 17.7. The molecule has 201 valence electrons. The largest absolute Gasteiger partial charge is 0.493 e. The molecule has 11 nitrogen and oxygen atoms in total. The number of ether oxygens (including phenoxy) is 1. The van der Waals surface area contributed by atoms with Gasteiger partial charge in [0.1, 0.15) is 17.6 Å². The maximum Gasteiger partial charge on any atom is 0.294 e. The average molecular weight is 532 g/mol. The Morgan fingerprint density at radius 3 is 2.81 bits per heavy atom. The van der Waals surface area contributed by atoms with Crippen LogP contribution < -0.4 is 25.0 Å². The van der Waals surface area contributed by atoms with Gasteiger partial charge in [0.25, 0.3) is 15.9 Å². The second kappa shape index (κ2) is 11.5.